The van der Waals surface area contributed by atoms with Crippen LogP contribution in [0.4, 0.5) is 5.69 Å². The van der Waals surface area contributed by atoms with Crippen molar-refractivity contribution in [3.63, 3.8) is 0 Å². The maximum atomic E-state index is 12.3. The van der Waals surface area contributed by atoms with E-state index in [0.29, 0.717) is 22.5 Å². The fourth-order valence-electron chi connectivity index (χ4n) is 2.50. The van der Waals surface area contributed by atoms with Crippen molar-refractivity contribution in [1.82, 2.24) is 4.72 Å². The lowest BCUT2D eigenvalue weighted by atomic mass is 9.80. The van der Waals surface area contributed by atoms with Gasteiger partial charge < -0.3 is 5.32 Å². The van der Waals surface area contributed by atoms with Crippen LogP contribution in [0.2, 0.25) is 0 Å². The standard InChI is InChI=1S/C15H24N2O2S/c1-11(2)17-20(18,19)15-10-5-4-9-14(15)16-12(3)13-7-6-8-13/h4-5,9-13,16-17H,6-8H2,1-3H3. The number of benzene rings is 1. The van der Waals surface area contributed by atoms with Gasteiger partial charge in [0.15, 0.2) is 0 Å². The Bertz CT molecular complexity index is 551. The first-order valence-corrected chi connectivity index (χ1v) is 8.76. The van der Waals surface area contributed by atoms with Crippen LogP contribution in [0.3, 0.4) is 0 Å². The minimum atomic E-state index is -3.46. The average Bonchev–Trinajstić information content (AvgIpc) is 2.25. The highest BCUT2D eigenvalue weighted by atomic mass is 32.2. The van der Waals surface area contributed by atoms with Crippen molar-refractivity contribution in [3.8, 4) is 0 Å². The van der Waals surface area contributed by atoms with E-state index in [1.54, 1.807) is 12.1 Å². The van der Waals surface area contributed by atoms with Gasteiger partial charge in [0, 0.05) is 12.1 Å². The van der Waals surface area contributed by atoms with Crippen LogP contribution >= 0.6 is 0 Å². The highest BCUT2D eigenvalue weighted by molar-refractivity contribution is 7.89. The summed E-state index contributed by atoms with van der Waals surface area (Å²) in [5.41, 5.74) is 0.694. The van der Waals surface area contributed by atoms with Crippen LogP contribution in [-0.4, -0.2) is 20.5 Å². The molecule has 1 aliphatic rings. The molecular weight excluding hydrogens is 272 g/mol. The smallest absolute Gasteiger partial charge is 0.242 e. The molecule has 0 aromatic heterocycles. The van der Waals surface area contributed by atoms with E-state index in [4.69, 9.17) is 0 Å². The quantitative estimate of drug-likeness (QED) is 0.848. The Morgan fingerprint density at radius 2 is 1.80 bits per heavy atom. The van der Waals surface area contributed by atoms with Crippen LogP contribution in [-0.2, 0) is 10.0 Å². The van der Waals surface area contributed by atoms with Crippen LogP contribution in [0.5, 0.6) is 0 Å². The number of hydrogen-bond donors (Lipinski definition) is 2. The zero-order valence-corrected chi connectivity index (χ0v) is 13.2. The highest BCUT2D eigenvalue weighted by Gasteiger charge is 2.26. The van der Waals surface area contributed by atoms with E-state index in [-0.39, 0.29) is 6.04 Å². The van der Waals surface area contributed by atoms with Gasteiger partial charge in [-0.15, -0.1) is 0 Å². The molecule has 1 aromatic rings. The van der Waals surface area contributed by atoms with Crippen LogP contribution < -0.4 is 10.0 Å². The zero-order valence-electron chi connectivity index (χ0n) is 12.4. The van der Waals surface area contributed by atoms with Crippen molar-refractivity contribution < 1.29 is 8.42 Å². The van der Waals surface area contributed by atoms with Gasteiger partial charge in [0.2, 0.25) is 10.0 Å². The van der Waals surface area contributed by atoms with Gasteiger partial charge in [-0.2, -0.15) is 0 Å². The molecule has 1 aromatic carbocycles. The molecule has 5 heteroatoms. The summed E-state index contributed by atoms with van der Waals surface area (Å²) in [5, 5.41) is 3.37. The minimum absolute atomic E-state index is 0.114. The fraction of sp³-hybridized carbons (Fsp3) is 0.600. The van der Waals surface area contributed by atoms with Gasteiger partial charge in [-0.3, -0.25) is 0 Å². The predicted molar refractivity (Wildman–Crippen MR) is 82.3 cm³/mol. The van der Waals surface area contributed by atoms with Crippen molar-refractivity contribution in [1.29, 1.82) is 0 Å². The molecule has 1 fully saturated rings. The molecule has 0 spiro atoms. The van der Waals surface area contributed by atoms with Crippen molar-refractivity contribution >= 4 is 15.7 Å². The highest BCUT2D eigenvalue weighted by Crippen LogP contribution is 2.32. The summed E-state index contributed by atoms with van der Waals surface area (Å²) >= 11 is 0. The van der Waals surface area contributed by atoms with E-state index >= 15 is 0 Å². The van der Waals surface area contributed by atoms with E-state index in [0.717, 1.165) is 0 Å². The average molecular weight is 296 g/mol. The summed E-state index contributed by atoms with van der Waals surface area (Å²) in [6.45, 7) is 5.78. The number of anilines is 1. The maximum Gasteiger partial charge on any atom is 0.242 e. The van der Waals surface area contributed by atoms with Crippen molar-refractivity contribution in [2.75, 3.05) is 5.32 Å². The van der Waals surface area contributed by atoms with Crippen molar-refractivity contribution in [3.05, 3.63) is 24.3 Å². The summed E-state index contributed by atoms with van der Waals surface area (Å²) in [6.07, 6.45) is 3.74. The van der Waals surface area contributed by atoms with E-state index < -0.39 is 10.0 Å². The van der Waals surface area contributed by atoms with Crippen LogP contribution in [0.15, 0.2) is 29.2 Å². The van der Waals surface area contributed by atoms with E-state index in [1.807, 2.05) is 26.0 Å². The Balaban J connectivity index is 2.21. The van der Waals surface area contributed by atoms with Crippen LogP contribution in [0.25, 0.3) is 0 Å². The van der Waals surface area contributed by atoms with Crippen LogP contribution in [0, 0.1) is 5.92 Å². The Morgan fingerprint density at radius 3 is 2.35 bits per heavy atom. The second-order valence-electron chi connectivity index (χ2n) is 5.90. The first kappa shape index (κ1) is 15.3. The Labute approximate surface area is 122 Å². The summed E-state index contributed by atoms with van der Waals surface area (Å²) in [4.78, 5) is 0.333. The second kappa shape index (κ2) is 6.14. The van der Waals surface area contributed by atoms with Crippen molar-refractivity contribution in [2.45, 2.75) is 57.0 Å². The molecule has 0 radical (unpaired) electrons. The van der Waals surface area contributed by atoms with E-state index in [9.17, 15) is 8.42 Å². The van der Waals surface area contributed by atoms with Gasteiger partial charge in [0.25, 0.3) is 0 Å². The second-order valence-corrected chi connectivity index (χ2v) is 7.58. The molecule has 0 amide bonds. The Hall–Kier alpha value is -1.07. The third-order valence-corrected chi connectivity index (χ3v) is 5.52. The SMILES string of the molecule is CC(C)NS(=O)(=O)c1ccccc1NC(C)C1CCC1. The topological polar surface area (TPSA) is 58.2 Å². The van der Waals surface area contributed by atoms with Gasteiger partial charge >= 0.3 is 0 Å². The number of sulfonamides is 1. The summed E-state index contributed by atoms with van der Waals surface area (Å²) in [5.74, 6) is 0.656. The van der Waals surface area contributed by atoms with Gasteiger partial charge in [0.05, 0.1) is 5.69 Å². The van der Waals surface area contributed by atoms with E-state index in [1.165, 1.54) is 19.3 Å². The molecule has 1 aliphatic carbocycles. The van der Waals surface area contributed by atoms with Gasteiger partial charge in [-0.25, -0.2) is 13.1 Å². The molecule has 4 nitrogen and oxygen atoms in total. The van der Waals surface area contributed by atoms with Gasteiger partial charge in [0.1, 0.15) is 4.90 Å². The molecule has 0 heterocycles. The molecular formula is C15H24N2O2S. The van der Waals surface area contributed by atoms with Gasteiger partial charge in [-0.1, -0.05) is 18.6 Å². The molecule has 0 aliphatic heterocycles. The summed E-state index contributed by atoms with van der Waals surface area (Å²) in [7, 11) is -3.46. The number of hydrogen-bond acceptors (Lipinski definition) is 3. The molecule has 112 valence electrons. The predicted octanol–water partition coefficient (Wildman–Crippen LogP) is 2.97. The first-order valence-electron chi connectivity index (χ1n) is 7.28. The number of rotatable bonds is 6. The van der Waals surface area contributed by atoms with Crippen molar-refractivity contribution in [2.24, 2.45) is 5.92 Å². The first-order chi connectivity index (χ1) is 9.40. The molecule has 1 saturated carbocycles. The molecule has 2 rings (SSSR count). The number of para-hydroxylation sites is 1. The molecule has 1 unspecified atom stereocenters. The lowest BCUT2D eigenvalue weighted by molar-refractivity contribution is 0.285. The normalized spacial score (nSPS) is 17.8. The lowest BCUT2D eigenvalue weighted by Gasteiger charge is -2.33. The number of nitrogens with one attached hydrogen (secondary N) is 2. The monoisotopic (exact) mass is 296 g/mol. The zero-order chi connectivity index (χ0) is 14.8. The third-order valence-electron chi connectivity index (χ3n) is 3.81. The molecule has 0 saturated heterocycles. The minimum Gasteiger partial charge on any atom is -0.381 e. The van der Waals surface area contributed by atoms with Gasteiger partial charge in [-0.05, 0) is 51.7 Å². The summed E-state index contributed by atoms with van der Waals surface area (Å²) < 4.78 is 27.3. The largest absolute Gasteiger partial charge is 0.381 e. The third kappa shape index (κ3) is 3.52. The van der Waals surface area contributed by atoms with E-state index in [2.05, 4.69) is 17.0 Å². The Kier molecular flexibility index (Phi) is 4.70. The Morgan fingerprint density at radius 1 is 1.15 bits per heavy atom. The fourth-order valence-corrected chi connectivity index (χ4v) is 3.92. The molecule has 20 heavy (non-hydrogen) atoms. The molecule has 1 atom stereocenters. The lowest BCUT2D eigenvalue weighted by Crippen LogP contribution is -2.33. The molecule has 0 bridgehead atoms. The summed E-state index contributed by atoms with van der Waals surface area (Å²) in [6, 6.07) is 7.30. The maximum absolute atomic E-state index is 12.3. The van der Waals surface area contributed by atoms with Crippen LogP contribution in [0.1, 0.15) is 40.0 Å². The molecule has 2 N–H and O–H groups in total.